The Bertz CT molecular complexity index is 2160. The third kappa shape index (κ3) is 8.15. The minimum absolute atomic E-state index is 0.0763. The molecule has 306 valence electrons. The van der Waals surface area contributed by atoms with Crippen LogP contribution in [0.2, 0.25) is 0 Å². The Morgan fingerprint density at radius 1 is 0.433 bits per heavy atom. The van der Waals surface area contributed by atoms with Crippen LogP contribution in [0.25, 0.3) is 0 Å². The van der Waals surface area contributed by atoms with Crippen LogP contribution in [-0.4, -0.2) is 19.6 Å². The number of hydrogen-bond acceptors (Lipinski definition) is 3. The van der Waals surface area contributed by atoms with Crippen LogP contribution < -0.4 is 19.3 Å². The summed E-state index contributed by atoms with van der Waals surface area (Å²) in [6.45, 7) is 3.48. The molecule has 7 aromatic rings. The fourth-order valence-electron chi connectivity index (χ4n) is 10.3. The molecule has 0 saturated carbocycles. The van der Waals surface area contributed by atoms with Gasteiger partial charge in [-0.2, -0.15) is 0 Å². The standard InChI is InChI=1S/C55H60BO3P/c1-4-7-44-60(45-8-5-2,51-40-25-14-26-41-51,55(46-30-15-9-16-31-46,47-32-17-10-18-33-47)48-34-19-11-20-35-48)54(29-6-3)52-42-27-28-43-53(52)59-56(57-49-36-21-12-22-37-49)58-50-38-23-13-24-39-50/h9-28,30-43,54H,4-8,29,44-45H2,1-3H3. The molecule has 0 aliphatic rings. The van der Waals surface area contributed by atoms with E-state index in [0.29, 0.717) is 11.5 Å². The fraction of sp³-hybridized carbons (Fsp3) is 0.236. The monoisotopic (exact) mass is 810 g/mol. The topological polar surface area (TPSA) is 27.7 Å². The third-order valence-corrected chi connectivity index (χ3v) is 21.4. The first-order valence-corrected chi connectivity index (χ1v) is 24.7. The summed E-state index contributed by atoms with van der Waals surface area (Å²) in [6, 6.07) is 74.8. The molecule has 0 heterocycles. The summed E-state index contributed by atoms with van der Waals surface area (Å²) in [4.78, 5) is 0. The van der Waals surface area contributed by atoms with Crippen LogP contribution >= 0.6 is 6.60 Å². The molecule has 7 rings (SSSR count). The van der Waals surface area contributed by atoms with Crippen LogP contribution in [0.4, 0.5) is 0 Å². The number of hydrogen-bond donors (Lipinski definition) is 0. The second kappa shape index (κ2) is 20.1. The van der Waals surface area contributed by atoms with E-state index in [-0.39, 0.29) is 5.66 Å². The second-order valence-corrected chi connectivity index (χ2v) is 21.9. The molecule has 0 saturated heterocycles. The Hall–Kier alpha value is -5.57. The first kappa shape index (κ1) is 42.6. The van der Waals surface area contributed by atoms with E-state index in [0.717, 1.165) is 56.6 Å². The van der Waals surface area contributed by atoms with Gasteiger partial charge in [0.25, 0.3) is 0 Å². The van der Waals surface area contributed by atoms with E-state index >= 15 is 0 Å². The van der Waals surface area contributed by atoms with Crippen molar-refractivity contribution < 1.29 is 14.0 Å². The van der Waals surface area contributed by atoms with Crippen LogP contribution in [0.1, 0.15) is 87.2 Å². The Kier molecular flexibility index (Phi) is 14.3. The van der Waals surface area contributed by atoms with E-state index in [1.165, 1.54) is 27.6 Å². The van der Waals surface area contributed by atoms with Gasteiger partial charge in [0.15, 0.2) is 0 Å². The molecule has 0 amide bonds. The molecule has 0 N–H and O–H groups in total. The zero-order chi connectivity index (χ0) is 41.5. The van der Waals surface area contributed by atoms with E-state index in [9.17, 15) is 0 Å². The zero-order valence-electron chi connectivity index (χ0n) is 35.6. The van der Waals surface area contributed by atoms with Crippen molar-refractivity contribution in [3.63, 3.8) is 0 Å². The molecular formula is C55H60BO3P. The maximum atomic E-state index is 7.17. The van der Waals surface area contributed by atoms with Crippen molar-refractivity contribution in [2.75, 3.05) is 12.3 Å². The summed E-state index contributed by atoms with van der Waals surface area (Å²) in [5, 5.41) is 0.932. The molecule has 1 unspecified atom stereocenters. The average molecular weight is 811 g/mol. The van der Waals surface area contributed by atoms with E-state index in [2.05, 4.69) is 166 Å². The fourth-order valence-corrected chi connectivity index (χ4v) is 20.7. The maximum absolute atomic E-state index is 7.17. The number of unbranched alkanes of at least 4 members (excludes halogenated alkanes) is 2. The predicted molar refractivity (Wildman–Crippen MR) is 256 cm³/mol. The van der Waals surface area contributed by atoms with Gasteiger partial charge < -0.3 is 0 Å². The molecule has 0 aromatic heterocycles. The van der Waals surface area contributed by atoms with Crippen LogP contribution in [0.3, 0.4) is 0 Å². The van der Waals surface area contributed by atoms with Gasteiger partial charge in [-0.25, -0.2) is 0 Å². The van der Waals surface area contributed by atoms with E-state index in [1.54, 1.807) is 0 Å². The van der Waals surface area contributed by atoms with Gasteiger partial charge in [-0.15, -0.1) is 0 Å². The van der Waals surface area contributed by atoms with Gasteiger partial charge in [0.2, 0.25) is 0 Å². The summed E-state index contributed by atoms with van der Waals surface area (Å²) in [7, 11) is -1.05. The number of rotatable bonds is 21. The molecule has 0 aliphatic heterocycles. The van der Waals surface area contributed by atoms with E-state index in [4.69, 9.17) is 14.0 Å². The Balaban J connectivity index is 1.62. The molecule has 0 fully saturated rings. The van der Waals surface area contributed by atoms with Gasteiger partial charge in [0.05, 0.1) is 0 Å². The Morgan fingerprint density at radius 3 is 1.23 bits per heavy atom. The quantitative estimate of drug-likeness (QED) is 0.0411. The van der Waals surface area contributed by atoms with Gasteiger partial charge in [0.1, 0.15) is 0 Å². The molecule has 0 spiro atoms. The SMILES string of the molecule is CCCCP(CCCC)(c1ccccc1)(C(CCC)c1ccccc1OB(Oc1ccccc1)Oc1ccccc1)C(c1ccccc1)(c1ccccc1)c1ccccc1. The van der Waals surface area contributed by atoms with Crippen LogP contribution in [0, 0.1) is 0 Å². The van der Waals surface area contributed by atoms with Gasteiger partial charge in [-0.05, 0) is 0 Å². The molecule has 7 aromatic carbocycles. The van der Waals surface area contributed by atoms with Gasteiger partial charge in [0, 0.05) is 0 Å². The van der Waals surface area contributed by atoms with E-state index < -0.39 is 19.1 Å². The van der Waals surface area contributed by atoms with Crippen molar-refractivity contribution in [3.8, 4) is 17.2 Å². The van der Waals surface area contributed by atoms with Crippen LogP contribution in [0.15, 0.2) is 206 Å². The van der Waals surface area contributed by atoms with Crippen LogP contribution in [-0.2, 0) is 5.16 Å². The number of para-hydroxylation sites is 3. The molecule has 0 aliphatic carbocycles. The van der Waals surface area contributed by atoms with Crippen molar-refractivity contribution in [3.05, 3.63) is 229 Å². The number of benzene rings is 7. The summed E-state index contributed by atoms with van der Waals surface area (Å²) in [5.41, 5.74) is 5.31. The van der Waals surface area contributed by atoms with Gasteiger partial charge in [-0.1, -0.05) is 0 Å². The van der Waals surface area contributed by atoms with Gasteiger partial charge in [-0.3, -0.25) is 0 Å². The van der Waals surface area contributed by atoms with Crippen molar-refractivity contribution in [2.45, 2.75) is 70.1 Å². The second-order valence-electron chi connectivity index (χ2n) is 16.0. The molecule has 0 bridgehead atoms. The summed E-state index contributed by atoms with van der Waals surface area (Å²) in [6.07, 6.45) is 8.44. The molecule has 0 radical (unpaired) electrons. The van der Waals surface area contributed by atoms with Crippen molar-refractivity contribution >= 4 is 19.2 Å². The van der Waals surface area contributed by atoms with Crippen LogP contribution in [0.5, 0.6) is 17.2 Å². The zero-order valence-corrected chi connectivity index (χ0v) is 36.5. The third-order valence-electron chi connectivity index (χ3n) is 12.6. The molecular weight excluding hydrogens is 750 g/mol. The van der Waals surface area contributed by atoms with Gasteiger partial charge >= 0.3 is 361 Å². The normalized spacial score (nSPS) is 12.8. The summed E-state index contributed by atoms with van der Waals surface area (Å²) >= 11 is 0. The van der Waals surface area contributed by atoms with Crippen molar-refractivity contribution in [1.29, 1.82) is 0 Å². The Morgan fingerprint density at radius 2 is 0.817 bits per heavy atom. The predicted octanol–water partition coefficient (Wildman–Crippen LogP) is 14.5. The molecule has 1 atom stereocenters. The first-order chi connectivity index (χ1) is 29.6. The summed E-state index contributed by atoms with van der Waals surface area (Å²) < 4.78 is 20.3. The molecule has 60 heavy (non-hydrogen) atoms. The van der Waals surface area contributed by atoms with Crippen molar-refractivity contribution in [1.82, 2.24) is 0 Å². The van der Waals surface area contributed by atoms with E-state index in [1.807, 2.05) is 60.7 Å². The summed E-state index contributed by atoms with van der Waals surface area (Å²) in [5.74, 6) is 2.13. The minimum atomic E-state index is -3.62. The molecule has 5 heteroatoms. The first-order valence-electron chi connectivity index (χ1n) is 22.0. The molecule has 3 nitrogen and oxygen atoms in total. The Labute approximate surface area is 359 Å². The average Bonchev–Trinajstić information content (AvgIpc) is 3.31. The van der Waals surface area contributed by atoms with Crippen molar-refractivity contribution in [2.24, 2.45) is 0 Å².